The minimum atomic E-state index is -4.46. The van der Waals surface area contributed by atoms with Gasteiger partial charge in [-0.2, -0.15) is 22.6 Å². The van der Waals surface area contributed by atoms with E-state index in [1.807, 2.05) is 4.68 Å². The highest BCUT2D eigenvalue weighted by molar-refractivity contribution is 7.92. The summed E-state index contributed by atoms with van der Waals surface area (Å²) in [6.45, 7) is 4.58. The Morgan fingerprint density at radius 2 is 1.62 bits per heavy atom. The van der Waals surface area contributed by atoms with E-state index >= 15 is 0 Å². The number of hydrogen-bond donors (Lipinski definition) is 1. The number of nitrogens with zero attached hydrogens (tertiary/aromatic N) is 5. The second kappa shape index (κ2) is 13.1. The number of sulfonamides is 2. The summed E-state index contributed by atoms with van der Waals surface area (Å²) in [6, 6.07) is 9.95. The second-order valence-corrected chi connectivity index (χ2v) is 15.6. The minimum absolute atomic E-state index is 0.116. The second-order valence-electron chi connectivity index (χ2n) is 11.5. The van der Waals surface area contributed by atoms with Gasteiger partial charge in [0.15, 0.2) is 0 Å². The van der Waals surface area contributed by atoms with Crippen LogP contribution < -0.4 is 9.62 Å². The molecule has 1 fully saturated rings. The molecular formula is C29H36ClF3N6O4S2. The number of halogens is 4. The van der Waals surface area contributed by atoms with Crippen LogP contribution in [0.4, 0.5) is 24.5 Å². The Labute approximate surface area is 266 Å². The van der Waals surface area contributed by atoms with E-state index in [1.165, 1.54) is 16.4 Å². The van der Waals surface area contributed by atoms with Crippen molar-refractivity contribution in [3.8, 4) is 11.3 Å². The topological polar surface area (TPSA) is 108 Å². The highest BCUT2D eigenvalue weighted by Gasteiger charge is 2.31. The predicted molar refractivity (Wildman–Crippen MR) is 169 cm³/mol. The van der Waals surface area contributed by atoms with Gasteiger partial charge in [0, 0.05) is 69.2 Å². The monoisotopic (exact) mass is 688 g/mol. The molecule has 2 aliphatic rings. The zero-order chi connectivity index (χ0) is 32.6. The third-order valence-electron chi connectivity index (χ3n) is 8.09. The fourth-order valence-corrected chi connectivity index (χ4v) is 7.62. The molecule has 1 aromatic heterocycles. The van der Waals surface area contributed by atoms with E-state index in [1.54, 1.807) is 18.2 Å². The van der Waals surface area contributed by atoms with Crippen LogP contribution in [0.2, 0.25) is 5.02 Å². The molecule has 0 atom stereocenters. The molecule has 5 rings (SSSR count). The molecule has 0 amide bonds. The summed E-state index contributed by atoms with van der Waals surface area (Å²) in [7, 11) is -6.96. The Hall–Kier alpha value is -2.85. The molecule has 0 spiro atoms. The van der Waals surface area contributed by atoms with Gasteiger partial charge < -0.3 is 4.90 Å². The van der Waals surface area contributed by atoms with Crippen molar-refractivity contribution in [2.24, 2.45) is 0 Å². The van der Waals surface area contributed by atoms with Gasteiger partial charge in [0.1, 0.15) is 0 Å². The van der Waals surface area contributed by atoms with Gasteiger partial charge in [-0.05, 0) is 43.5 Å². The Bertz CT molecular complexity index is 1740. The zero-order valence-corrected chi connectivity index (χ0v) is 27.4. The first-order valence-corrected chi connectivity index (χ1v) is 18.7. The van der Waals surface area contributed by atoms with Gasteiger partial charge in [0.25, 0.3) is 0 Å². The summed E-state index contributed by atoms with van der Waals surface area (Å²) < 4.78 is 94.1. The summed E-state index contributed by atoms with van der Waals surface area (Å²) >= 11 is 6.47. The summed E-state index contributed by atoms with van der Waals surface area (Å²) in [5, 5.41) is 5.28. The number of alkyl halides is 3. The van der Waals surface area contributed by atoms with Crippen LogP contribution in [0.3, 0.4) is 0 Å². The van der Waals surface area contributed by atoms with Crippen molar-refractivity contribution in [2.75, 3.05) is 61.4 Å². The van der Waals surface area contributed by atoms with E-state index in [9.17, 15) is 30.0 Å². The third-order valence-corrected chi connectivity index (χ3v) is 10.2. The molecule has 16 heteroatoms. The lowest BCUT2D eigenvalue weighted by molar-refractivity contribution is -0.137. The van der Waals surface area contributed by atoms with Crippen LogP contribution in [0, 0.1) is 0 Å². The van der Waals surface area contributed by atoms with Gasteiger partial charge in [-0.3, -0.25) is 14.3 Å². The molecule has 0 saturated carbocycles. The molecule has 3 heterocycles. The lowest BCUT2D eigenvalue weighted by Crippen LogP contribution is -2.47. The van der Waals surface area contributed by atoms with Crippen molar-refractivity contribution in [2.45, 2.75) is 38.5 Å². The number of para-hydroxylation sites is 1. The van der Waals surface area contributed by atoms with Crippen molar-refractivity contribution >= 4 is 43.0 Å². The van der Waals surface area contributed by atoms with Crippen molar-refractivity contribution in [1.82, 2.24) is 19.0 Å². The van der Waals surface area contributed by atoms with Gasteiger partial charge in [0.2, 0.25) is 20.0 Å². The van der Waals surface area contributed by atoms with Gasteiger partial charge in [0.05, 0.1) is 40.2 Å². The van der Waals surface area contributed by atoms with Crippen molar-refractivity contribution in [3.05, 3.63) is 64.3 Å². The first kappa shape index (κ1) is 33.5. The number of aryl methyl sites for hydroxylation is 1. The first-order valence-electron chi connectivity index (χ1n) is 14.5. The van der Waals surface area contributed by atoms with Crippen LogP contribution in [0.15, 0.2) is 42.5 Å². The van der Waals surface area contributed by atoms with Crippen LogP contribution in [0.5, 0.6) is 0 Å². The molecule has 1 saturated heterocycles. The highest BCUT2D eigenvalue weighted by Crippen LogP contribution is 2.36. The van der Waals surface area contributed by atoms with E-state index in [4.69, 9.17) is 16.7 Å². The maximum absolute atomic E-state index is 13.2. The van der Waals surface area contributed by atoms with Crippen LogP contribution >= 0.6 is 11.6 Å². The number of anilines is 2. The van der Waals surface area contributed by atoms with Crippen molar-refractivity contribution in [1.29, 1.82) is 0 Å². The molecule has 0 radical (unpaired) electrons. The maximum Gasteiger partial charge on any atom is 0.416 e. The Morgan fingerprint density at radius 1 is 0.933 bits per heavy atom. The van der Waals surface area contributed by atoms with Crippen molar-refractivity contribution in [3.63, 3.8) is 0 Å². The normalized spacial score (nSPS) is 17.2. The fourth-order valence-electron chi connectivity index (χ4n) is 5.93. The van der Waals surface area contributed by atoms with Crippen LogP contribution in [0.25, 0.3) is 11.3 Å². The lowest BCUT2D eigenvalue weighted by atomic mass is 10.0. The predicted octanol–water partition coefficient (Wildman–Crippen LogP) is 4.51. The first-order chi connectivity index (χ1) is 21.1. The maximum atomic E-state index is 13.2. The van der Waals surface area contributed by atoms with Crippen molar-refractivity contribution < 1.29 is 30.0 Å². The number of piperazine rings is 1. The number of rotatable bonds is 9. The molecule has 3 aromatic rings. The summed E-state index contributed by atoms with van der Waals surface area (Å²) in [4.78, 5) is 4.38. The van der Waals surface area contributed by atoms with Gasteiger partial charge >= 0.3 is 6.18 Å². The third kappa shape index (κ3) is 8.12. The molecule has 2 aliphatic heterocycles. The molecule has 246 valence electrons. The number of nitrogens with one attached hydrogen (secondary N) is 1. The van der Waals surface area contributed by atoms with Gasteiger partial charge in [-0.1, -0.05) is 29.8 Å². The van der Waals surface area contributed by atoms with Crippen LogP contribution in [-0.4, -0.2) is 87.6 Å². The average molecular weight is 689 g/mol. The van der Waals surface area contributed by atoms with E-state index in [0.717, 1.165) is 62.0 Å². The molecule has 0 aliphatic carbocycles. The number of benzene rings is 2. The molecule has 2 aromatic carbocycles. The number of aromatic nitrogens is 2. The Kier molecular flexibility index (Phi) is 9.76. The highest BCUT2D eigenvalue weighted by atomic mass is 35.5. The molecule has 45 heavy (non-hydrogen) atoms. The summed E-state index contributed by atoms with van der Waals surface area (Å²) in [6.07, 6.45) is -0.232. The standard InChI is InChI=1S/C29H36ClF3N6O4S2/c1-44(40,41)35-25-7-3-6-24(30)28(25)37-18-16-36(17-19-37)13-5-15-39-26-8-4-14-38(45(2,42)43)20-23(26)27(34-39)21-9-11-22(12-10-21)29(31,32)33/h3,6-7,9-12,35H,4-5,8,13-20H2,1-2H3. The number of fused-ring (bicyclic) bond motifs is 1. The lowest BCUT2D eigenvalue weighted by Gasteiger charge is -2.37. The summed E-state index contributed by atoms with van der Waals surface area (Å²) in [5.74, 6) is 0. The largest absolute Gasteiger partial charge is 0.416 e. The van der Waals surface area contributed by atoms with E-state index in [0.29, 0.717) is 66.7 Å². The summed E-state index contributed by atoms with van der Waals surface area (Å²) in [5.41, 5.74) is 2.98. The van der Waals surface area contributed by atoms with Gasteiger partial charge in [-0.25, -0.2) is 16.8 Å². The average Bonchev–Trinajstić information content (AvgIpc) is 3.12. The molecule has 0 unspecified atom stereocenters. The van der Waals surface area contributed by atoms with Crippen LogP contribution in [0.1, 0.15) is 29.7 Å². The molecular weight excluding hydrogens is 653 g/mol. The fraction of sp³-hybridized carbons (Fsp3) is 0.483. The Morgan fingerprint density at radius 3 is 2.24 bits per heavy atom. The minimum Gasteiger partial charge on any atom is -0.366 e. The zero-order valence-electron chi connectivity index (χ0n) is 25.0. The van der Waals surface area contributed by atoms with E-state index in [-0.39, 0.29) is 6.54 Å². The van der Waals surface area contributed by atoms with Gasteiger partial charge in [-0.15, -0.1) is 0 Å². The SMILES string of the molecule is CS(=O)(=O)Nc1cccc(Cl)c1N1CCN(CCCn2nc(-c3ccc(C(F)(F)F)cc3)c3c2CCCN(S(C)(=O)=O)C3)CC1. The molecule has 10 nitrogen and oxygen atoms in total. The van der Waals surface area contributed by atoms with E-state index in [2.05, 4.69) is 14.5 Å². The van der Waals surface area contributed by atoms with Crippen LogP contribution in [-0.2, 0) is 45.7 Å². The quantitative estimate of drug-likeness (QED) is 0.353. The number of hydrogen-bond acceptors (Lipinski definition) is 7. The molecule has 1 N–H and O–H groups in total. The van der Waals surface area contributed by atoms with E-state index < -0.39 is 31.8 Å². The smallest absolute Gasteiger partial charge is 0.366 e. The molecule has 0 bridgehead atoms. The Balaban J connectivity index is 1.29.